The molecule has 0 atom stereocenters. The molecule has 108 valence electrons. The Balaban J connectivity index is 2.12. The average molecular weight is 276 g/mol. The van der Waals surface area contributed by atoms with Crippen LogP contribution >= 0.6 is 0 Å². The number of amides is 1. The maximum atomic E-state index is 12.0. The standard InChI is InChI=1S/C15H20N2O3/c1-4-17(5-2)14(18)9-7-11-6-8-13-12(10-11)16(3)15(19)20-13/h6,8,10H,4-5,7,9H2,1-3H3. The highest BCUT2D eigenvalue weighted by Gasteiger charge is 2.11. The molecule has 20 heavy (non-hydrogen) atoms. The van der Waals surface area contributed by atoms with E-state index in [1.165, 1.54) is 4.57 Å². The predicted octanol–water partition coefficient (Wildman–Crippen LogP) is 1.93. The van der Waals surface area contributed by atoms with Gasteiger partial charge in [-0.05, 0) is 38.0 Å². The number of benzene rings is 1. The van der Waals surface area contributed by atoms with Crippen LogP contribution in [0.4, 0.5) is 0 Å². The van der Waals surface area contributed by atoms with Crippen molar-refractivity contribution in [2.75, 3.05) is 13.1 Å². The molecule has 0 radical (unpaired) electrons. The van der Waals surface area contributed by atoms with Crippen molar-refractivity contribution in [1.82, 2.24) is 9.47 Å². The second-order valence-electron chi connectivity index (χ2n) is 4.80. The van der Waals surface area contributed by atoms with Crippen LogP contribution in [0.3, 0.4) is 0 Å². The first kappa shape index (κ1) is 14.4. The SMILES string of the molecule is CCN(CC)C(=O)CCc1ccc2oc(=O)n(C)c2c1. The third kappa shape index (κ3) is 2.76. The van der Waals surface area contributed by atoms with Crippen LogP contribution in [0.25, 0.3) is 11.1 Å². The van der Waals surface area contributed by atoms with E-state index in [0.29, 0.717) is 18.4 Å². The Bertz CT molecular complexity index is 665. The van der Waals surface area contributed by atoms with E-state index in [9.17, 15) is 9.59 Å². The number of aryl methyl sites for hydroxylation is 2. The summed E-state index contributed by atoms with van der Waals surface area (Å²) in [5.74, 6) is -0.201. The molecule has 0 spiro atoms. The minimum absolute atomic E-state index is 0.163. The molecule has 0 aliphatic heterocycles. The molecule has 0 aliphatic carbocycles. The molecule has 0 saturated carbocycles. The second kappa shape index (κ2) is 5.94. The molecule has 0 bridgehead atoms. The molecule has 2 aromatic rings. The highest BCUT2D eigenvalue weighted by atomic mass is 16.4. The number of hydrogen-bond acceptors (Lipinski definition) is 3. The Kier molecular flexibility index (Phi) is 4.27. The van der Waals surface area contributed by atoms with Gasteiger partial charge in [0.15, 0.2) is 5.58 Å². The van der Waals surface area contributed by atoms with Crippen molar-refractivity contribution in [3.63, 3.8) is 0 Å². The molecule has 5 nitrogen and oxygen atoms in total. The second-order valence-corrected chi connectivity index (χ2v) is 4.80. The van der Waals surface area contributed by atoms with Crippen LogP contribution in [-0.2, 0) is 18.3 Å². The number of nitrogens with zero attached hydrogens (tertiary/aromatic N) is 2. The van der Waals surface area contributed by atoms with E-state index in [2.05, 4.69) is 0 Å². The molecule has 0 aliphatic rings. The van der Waals surface area contributed by atoms with Gasteiger partial charge in [-0.15, -0.1) is 0 Å². The molecule has 0 saturated heterocycles. The Morgan fingerprint density at radius 1 is 1.30 bits per heavy atom. The quantitative estimate of drug-likeness (QED) is 0.838. The summed E-state index contributed by atoms with van der Waals surface area (Å²) in [6, 6.07) is 5.60. The number of carbonyl (C=O) groups is 1. The van der Waals surface area contributed by atoms with E-state index in [1.54, 1.807) is 13.1 Å². The molecule has 0 N–H and O–H groups in total. The van der Waals surface area contributed by atoms with E-state index in [0.717, 1.165) is 24.2 Å². The Morgan fingerprint density at radius 2 is 2.00 bits per heavy atom. The van der Waals surface area contributed by atoms with Crippen molar-refractivity contribution < 1.29 is 9.21 Å². The van der Waals surface area contributed by atoms with Gasteiger partial charge in [-0.3, -0.25) is 9.36 Å². The lowest BCUT2D eigenvalue weighted by Crippen LogP contribution is -2.30. The van der Waals surface area contributed by atoms with Gasteiger partial charge in [0, 0.05) is 26.6 Å². The van der Waals surface area contributed by atoms with Gasteiger partial charge in [0.25, 0.3) is 0 Å². The normalized spacial score (nSPS) is 10.9. The number of aromatic nitrogens is 1. The van der Waals surface area contributed by atoms with E-state index >= 15 is 0 Å². The lowest BCUT2D eigenvalue weighted by atomic mass is 10.1. The Hall–Kier alpha value is -2.04. The molecule has 5 heteroatoms. The highest BCUT2D eigenvalue weighted by molar-refractivity contribution is 5.77. The van der Waals surface area contributed by atoms with Crippen molar-refractivity contribution in [3.8, 4) is 0 Å². The highest BCUT2D eigenvalue weighted by Crippen LogP contribution is 2.15. The fourth-order valence-electron chi connectivity index (χ4n) is 2.31. The van der Waals surface area contributed by atoms with Crippen molar-refractivity contribution in [2.24, 2.45) is 7.05 Å². The van der Waals surface area contributed by atoms with Crippen molar-refractivity contribution in [3.05, 3.63) is 34.3 Å². The van der Waals surface area contributed by atoms with Gasteiger partial charge in [-0.2, -0.15) is 0 Å². The third-order valence-corrected chi connectivity index (χ3v) is 3.60. The average Bonchev–Trinajstić information content (AvgIpc) is 2.73. The first-order chi connectivity index (χ1) is 9.56. The summed E-state index contributed by atoms with van der Waals surface area (Å²) in [6.07, 6.45) is 1.16. The molecular weight excluding hydrogens is 256 g/mol. The fraction of sp³-hybridized carbons (Fsp3) is 0.467. The summed E-state index contributed by atoms with van der Waals surface area (Å²) in [7, 11) is 1.68. The summed E-state index contributed by atoms with van der Waals surface area (Å²) in [6.45, 7) is 5.44. The molecule has 1 aromatic heterocycles. The van der Waals surface area contributed by atoms with Gasteiger partial charge < -0.3 is 9.32 Å². The van der Waals surface area contributed by atoms with Crippen LogP contribution in [0.1, 0.15) is 25.8 Å². The summed E-state index contributed by atoms with van der Waals surface area (Å²) >= 11 is 0. The molecular formula is C15H20N2O3. The van der Waals surface area contributed by atoms with Gasteiger partial charge in [-0.1, -0.05) is 6.07 Å². The summed E-state index contributed by atoms with van der Waals surface area (Å²) in [5.41, 5.74) is 2.38. The van der Waals surface area contributed by atoms with E-state index in [4.69, 9.17) is 4.42 Å². The monoisotopic (exact) mass is 276 g/mol. The van der Waals surface area contributed by atoms with Crippen molar-refractivity contribution >= 4 is 17.0 Å². The summed E-state index contributed by atoms with van der Waals surface area (Å²) in [4.78, 5) is 25.2. The first-order valence-corrected chi connectivity index (χ1v) is 6.93. The maximum absolute atomic E-state index is 12.0. The summed E-state index contributed by atoms with van der Waals surface area (Å²) < 4.78 is 6.56. The molecule has 0 fully saturated rings. The number of rotatable bonds is 5. The number of fused-ring (bicyclic) bond motifs is 1. The molecule has 1 aromatic carbocycles. The minimum Gasteiger partial charge on any atom is -0.408 e. The van der Waals surface area contributed by atoms with Crippen molar-refractivity contribution in [2.45, 2.75) is 26.7 Å². The summed E-state index contributed by atoms with van der Waals surface area (Å²) in [5, 5.41) is 0. The molecule has 1 heterocycles. The van der Waals surface area contributed by atoms with Gasteiger partial charge in [0.05, 0.1) is 5.52 Å². The third-order valence-electron chi connectivity index (χ3n) is 3.60. The number of oxazole rings is 1. The lowest BCUT2D eigenvalue weighted by Gasteiger charge is -2.18. The van der Waals surface area contributed by atoms with Crippen LogP contribution in [0.5, 0.6) is 0 Å². The zero-order chi connectivity index (χ0) is 14.7. The van der Waals surface area contributed by atoms with E-state index < -0.39 is 0 Å². The Morgan fingerprint density at radius 3 is 2.65 bits per heavy atom. The number of hydrogen-bond donors (Lipinski definition) is 0. The van der Waals surface area contributed by atoms with Crippen LogP contribution in [0.2, 0.25) is 0 Å². The van der Waals surface area contributed by atoms with Gasteiger partial charge >= 0.3 is 5.76 Å². The van der Waals surface area contributed by atoms with Crippen LogP contribution in [0, 0.1) is 0 Å². The van der Waals surface area contributed by atoms with E-state index in [-0.39, 0.29) is 11.7 Å². The van der Waals surface area contributed by atoms with Gasteiger partial charge in [0.1, 0.15) is 0 Å². The number of carbonyl (C=O) groups excluding carboxylic acids is 1. The molecule has 2 rings (SSSR count). The molecule has 1 amide bonds. The van der Waals surface area contributed by atoms with Crippen molar-refractivity contribution in [1.29, 1.82) is 0 Å². The topological polar surface area (TPSA) is 55.5 Å². The Labute approximate surface area is 117 Å². The minimum atomic E-state index is -0.364. The van der Waals surface area contributed by atoms with Crippen LogP contribution in [0.15, 0.2) is 27.4 Å². The lowest BCUT2D eigenvalue weighted by molar-refractivity contribution is -0.130. The fourth-order valence-corrected chi connectivity index (χ4v) is 2.31. The zero-order valence-electron chi connectivity index (χ0n) is 12.2. The van der Waals surface area contributed by atoms with Gasteiger partial charge in [-0.25, -0.2) is 4.79 Å². The van der Waals surface area contributed by atoms with Crippen LogP contribution in [-0.4, -0.2) is 28.5 Å². The molecule has 0 unspecified atom stereocenters. The first-order valence-electron chi connectivity index (χ1n) is 6.93. The predicted molar refractivity (Wildman–Crippen MR) is 77.7 cm³/mol. The van der Waals surface area contributed by atoms with Gasteiger partial charge in [0.2, 0.25) is 5.91 Å². The van der Waals surface area contributed by atoms with E-state index in [1.807, 2.05) is 30.9 Å². The largest absolute Gasteiger partial charge is 0.419 e. The smallest absolute Gasteiger partial charge is 0.408 e. The van der Waals surface area contributed by atoms with Crippen LogP contribution < -0.4 is 5.76 Å². The maximum Gasteiger partial charge on any atom is 0.419 e. The zero-order valence-corrected chi connectivity index (χ0v) is 12.2.